The van der Waals surface area contributed by atoms with E-state index in [4.69, 9.17) is 0 Å². The Balaban J connectivity index is 2.41. The third kappa shape index (κ3) is 3.45. The average molecular weight is 247 g/mol. The van der Waals surface area contributed by atoms with Crippen LogP contribution in [0.5, 0.6) is 0 Å². The van der Waals surface area contributed by atoms with E-state index in [-0.39, 0.29) is 10.5 Å². The van der Waals surface area contributed by atoms with Crippen molar-refractivity contribution < 1.29 is 8.42 Å². The van der Waals surface area contributed by atoms with Gasteiger partial charge in [0.15, 0.2) is 9.84 Å². The van der Waals surface area contributed by atoms with Gasteiger partial charge in [0.05, 0.1) is 10.5 Å². The first-order valence-corrected chi connectivity index (χ1v) is 8.05. The van der Waals surface area contributed by atoms with E-state index in [1.807, 2.05) is 13.8 Å². The van der Waals surface area contributed by atoms with Gasteiger partial charge in [0.25, 0.3) is 0 Å². The molecule has 0 aromatic heterocycles. The smallest absolute Gasteiger partial charge is 0.156 e. The molecular weight excluding hydrogens is 222 g/mol. The Bertz CT molecular complexity index is 294. The second kappa shape index (κ2) is 6.01. The summed E-state index contributed by atoms with van der Waals surface area (Å²) in [5.41, 5.74) is 0. The molecule has 0 bridgehead atoms. The van der Waals surface area contributed by atoms with E-state index >= 15 is 0 Å². The molecule has 3 nitrogen and oxygen atoms in total. The predicted molar refractivity (Wildman–Crippen MR) is 68.4 cm³/mol. The lowest BCUT2D eigenvalue weighted by molar-refractivity contribution is 0.508. The van der Waals surface area contributed by atoms with Crippen molar-refractivity contribution in [1.29, 1.82) is 0 Å². The molecule has 0 radical (unpaired) electrons. The predicted octanol–water partition coefficient (Wildman–Crippen LogP) is 2.12. The van der Waals surface area contributed by atoms with Crippen LogP contribution < -0.4 is 5.32 Å². The molecule has 16 heavy (non-hydrogen) atoms. The number of rotatable bonds is 6. The van der Waals surface area contributed by atoms with Crippen LogP contribution in [0.15, 0.2) is 0 Å². The molecule has 0 aliphatic heterocycles. The summed E-state index contributed by atoms with van der Waals surface area (Å²) in [6.45, 7) is 6.17. The summed E-state index contributed by atoms with van der Waals surface area (Å²) >= 11 is 0. The van der Waals surface area contributed by atoms with E-state index in [1.165, 1.54) is 25.7 Å². The summed E-state index contributed by atoms with van der Waals surface area (Å²) in [5, 5.41) is 2.91. The second-order valence-corrected chi connectivity index (χ2v) is 7.80. The van der Waals surface area contributed by atoms with Crippen LogP contribution in [-0.4, -0.2) is 31.5 Å². The highest BCUT2D eigenvalue weighted by atomic mass is 32.2. The Morgan fingerprint density at radius 1 is 1.19 bits per heavy atom. The molecule has 4 heteroatoms. The Morgan fingerprint density at radius 2 is 1.75 bits per heavy atom. The molecule has 0 heterocycles. The maximum Gasteiger partial charge on any atom is 0.156 e. The number of sulfone groups is 1. The van der Waals surface area contributed by atoms with E-state index in [0.29, 0.717) is 19.0 Å². The van der Waals surface area contributed by atoms with Crippen molar-refractivity contribution in [1.82, 2.24) is 5.32 Å². The van der Waals surface area contributed by atoms with Gasteiger partial charge in [0, 0.05) is 12.6 Å². The van der Waals surface area contributed by atoms with Crippen molar-refractivity contribution in [3.63, 3.8) is 0 Å². The van der Waals surface area contributed by atoms with Crippen LogP contribution in [0, 0.1) is 0 Å². The standard InChI is InChI=1S/C12H25NO2S/c1-4-10(2)16(14,15)11(3)9-13-12-7-5-6-8-12/h10-13H,4-9H2,1-3H3. The third-order valence-corrected chi connectivity index (χ3v) is 6.49. The normalized spacial score (nSPS) is 22.2. The Hall–Kier alpha value is -0.0900. The fraction of sp³-hybridized carbons (Fsp3) is 1.00. The maximum absolute atomic E-state index is 12.0. The lowest BCUT2D eigenvalue weighted by atomic mass is 10.2. The van der Waals surface area contributed by atoms with E-state index in [9.17, 15) is 8.42 Å². The van der Waals surface area contributed by atoms with Crippen molar-refractivity contribution in [2.75, 3.05) is 6.54 Å². The van der Waals surface area contributed by atoms with Gasteiger partial charge in [-0.15, -0.1) is 0 Å². The monoisotopic (exact) mass is 247 g/mol. The summed E-state index contributed by atoms with van der Waals surface area (Å²) in [7, 11) is -2.94. The van der Waals surface area contributed by atoms with Crippen LogP contribution >= 0.6 is 0 Å². The minimum atomic E-state index is -2.94. The lowest BCUT2D eigenvalue weighted by Crippen LogP contribution is -2.39. The van der Waals surface area contributed by atoms with Crippen LogP contribution in [0.25, 0.3) is 0 Å². The molecule has 2 unspecified atom stereocenters. The maximum atomic E-state index is 12.0. The van der Waals surface area contributed by atoms with Gasteiger partial charge < -0.3 is 5.32 Å². The van der Waals surface area contributed by atoms with Crippen LogP contribution in [0.2, 0.25) is 0 Å². The summed E-state index contributed by atoms with van der Waals surface area (Å²) in [5.74, 6) is 0. The fourth-order valence-corrected chi connectivity index (χ4v) is 3.79. The highest BCUT2D eigenvalue weighted by molar-refractivity contribution is 7.92. The topological polar surface area (TPSA) is 46.2 Å². The molecule has 0 amide bonds. The van der Waals surface area contributed by atoms with Gasteiger partial charge in [0.2, 0.25) is 0 Å². The van der Waals surface area contributed by atoms with Crippen molar-refractivity contribution in [3.05, 3.63) is 0 Å². The summed E-state index contributed by atoms with van der Waals surface area (Å²) in [4.78, 5) is 0. The molecule has 1 N–H and O–H groups in total. The van der Waals surface area contributed by atoms with Gasteiger partial charge in [-0.2, -0.15) is 0 Å². The van der Waals surface area contributed by atoms with Crippen LogP contribution in [0.4, 0.5) is 0 Å². The molecule has 0 aromatic carbocycles. The van der Waals surface area contributed by atoms with E-state index in [0.717, 1.165) is 0 Å². The molecule has 1 rings (SSSR count). The SMILES string of the molecule is CCC(C)S(=O)(=O)C(C)CNC1CCCC1. The summed E-state index contributed by atoms with van der Waals surface area (Å²) in [6.07, 6.45) is 5.68. The minimum absolute atomic E-state index is 0.215. The van der Waals surface area contributed by atoms with E-state index in [2.05, 4.69) is 5.32 Å². The molecule has 2 atom stereocenters. The van der Waals surface area contributed by atoms with Gasteiger partial charge in [-0.1, -0.05) is 19.8 Å². The summed E-state index contributed by atoms with van der Waals surface area (Å²) in [6, 6.07) is 0.551. The first-order valence-electron chi connectivity index (χ1n) is 6.44. The van der Waals surface area contributed by atoms with Crippen LogP contribution in [0.1, 0.15) is 52.9 Å². The molecule has 1 aliphatic carbocycles. The van der Waals surface area contributed by atoms with Gasteiger partial charge in [-0.25, -0.2) is 8.42 Å². The number of nitrogens with one attached hydrogen (secondary N) is 1. The van der Waals surface area contributed by atoms with Gasteiger partial charge in [-0.3, -0.25) is 0 Å². The summed E-state index contributed by atoms with van der Waals surface area (Å²) < 4.78 is 24.1. The molecule has 0 aromatic rings. The highest BCUT2D eigenvalue weighted by Gasteiger charge is 2.27. The van der Waals surface area contributed by atoms with Gasteiger partial charge >= 0.3 is 0 Å². The van der Waals surface area contributed by atoms with E-state index < -0.39 is 9.84 Å². The van der Waals surface area contributed by atoms with Crippen molar-refractivity contribution in [3.8, 4) is 0 Å². The number of hydrogen-bond acceptors (Lipinski definition) is 3. The van der Waals surface area contributed by atoms with Gasteiger partial charge in [-0.05, 0) is 33.1 Å². The quantitative estimate of drug-likeness (QED) is 0.782. The molecule has 0 spiro atoms. The molecule has 0 saturated heterocycles. The first kappa shape index (κ1) is 14.0. The van der Waals surface area contributed by atoms with Crippen LogP contribution in [-0.2, 0) is 9.84 Å². The Labute approximate surface area is 99.9 Å². The number of hydrogen-bond donors (Lipinski definition) is 1. The Kier molecular flexibility index (Phi) is 5.25. The third-order valence-electron chi connectivity index (χ3n) is 3.75. The Morgan fingerprint density at radius 3 is 2.25 bits per heavy atom. The fourth-order valence-electron chi connectivity index (χ4n) is 2.21. The molecule has 1 aliphatic rings. The van der Waals surface area contributed by atoms with Crippen molar-refractivity contribution in [2.24, 2.45) is 0 Å². The second-order valence-electron chi connectivity index (χ2n) is 5.01. The molecule has 1 fully saturated rings. The average Bonchev–Trinajstić information content (AvgIpc) is 2.77. The zero-order valence-electron chi connectivity index (χ0n) is 10.7. The highest BCUT2D eigenvalue weighted by Crippen LogP contribution is 2.18. The van der Waals surface area contributed by atoms with E-state index in [1.54, 1.807) is 6.92 Å². The van der Waals surface area contributed by atoms with Crippen molar-refractivity contribution in [2.45, 2.75) is 69.4 Å². The van der Waals surface area contributed by atoms with Gasteiger partial charge in [0.1, 0.15) is 0 Å². The lowest BCUT2D eigenvalue weighted by Gasteiger charge is -2.20. The molecular formula is C12H25NO2S. The first-order chi connectivity index (χ1) is 7.48. The van der Waals surface area contributed by atoms with Crippen molar-refractivity contribution >= 4 is 9.84 Å². The molecule has 1 saturated carbocycles. The largest absolute Gasteiger partial charge is 0.313 e. The molecule has 96 valence electrons. The minimum Gasteiger partial charge on any atom is -0.313 e. The van der Waals surface area contributed by atoms with Crippen LogP contribution in [0.3, 0.4) is 0 Å². The zero-order valence-corrected chi connectivity index (χ0v) is 11.5. The zero-order chi connectivity index (χ0) is 12.2.